The van der Waals surface area contributed by atoms with E-state index in [2.05, 4.69) is 11.0 Å². The van der Waals surface area contributed by atoms with Gasteiger partial charge in [0.1, 0.15) is 0 Å². The maximum atomic E-state index is 13.0. The Balaban J connectivity index is 1.36. The fraction of sp³-hybridized carbons (Fsp3) is 0.500. The standard InChI is InChI=1S/C20H23ClN2O3/c21-16-3-1-2-13(10-16)12-22-6-8-23(9-7-22)19(24)17-14-4-5-15(11-14)18(17)20(25)26/h1-5,10,14-15,17-18H,6-9,11-12H2,(H,25,26)/t14-,15-,17-,18-/m0/s1. The summed E-state index contributed by atoms with van der Waals surface area (Å²) in [6.07, 6.45) is 4.83. The first-order valence-corrected chi connectivity index (χ1v) is 9.57. The molecule has 138 valence electrons. The number of hydrogen-bond donors (Lipinski definition) is 1. The summed E-state index contributed by atoms with van der Waals surface area (Å²) in [5.74, 6) is -1.63. The molecule has 0 spiro atoms. The van der Waals surface area contributed by atoms with E-state index < -0.39 is 11.9 Å². The van der Waals surface area contributed by atoms with Gasteiger partial charge in [-0.1, -0.05) is 35.9 Å². The number of allylic oxidation sites excluding steroid dienone is 2. The minimum Gasteiger partial charge on any atom is -0.481 e. The van der Waals surface area contributed by atoms with Crippen LogP contribution < -0.4 is 0 Å². The quantitative estimate of drug-likeness (QED) is 0.822. The third-order valence-corrected chi connectivity index (χ3v) is 6.24. The normalized spacial score (nSPS) is 30.7. The van der Waals surface area contributed by atoms with E-state index in [-0.39, 0.29) is 23.7 Å². The number of rotatable bonds is 4. The van der Waals surface area contributed by atoms with E-state index in [4.69, 9.17) is 11.6 Å². The SMILES string of the molecule is O=C(O)[C@@H]1[C@@H](C(=O)N2CCN(Cc3cccc(Cl)c3)CC2)[C@H]2C=C[C@H]1C2. The fourth-order valence-corrected chi connectivity index (χ4v) is 4.94. The Morgan fingerprint density at radius 3 is 2.42 bits per heavy atom. The molecule has 0 unspecified atom stereocenters. The summed E-state index contributed by atoms with van der Waals surface area (Å²) in [4.78, 5) is 28.8. The number of carboxylic acids is 1. The molecule has 1 aliphatic heterocycles. The number of halogens is 1. The summed E-state index contributed by atoms with van der Waals surface area (Å²) >= 11 is 6.05. The van der Waals surface area contributed by atoms with Crippen molar-refractivity contribution in [2.75, 3.05) is 26.2 Å². The van der Waals surface area contributed by atoms with Crippen molar-refractivity contribution >= 4 is 23.5 Å². The minimum absolute atomic E-state index is 0.0237. The molecule has 1 heterocycles. The summed E-state index contributed by atoms with van der Waals surface area (Å²) in [5.41, 5.74) is 1.17. The smallest absolute Gasteiger partial charge is 0.307 e. The number of aliphatic carboxylic acids is 1. The first kappa shape index (κ1) is 17.6. The highest BCUT2D eigenvalue weighted by Gasteiger charge is 2.52. The Hall–Kier alpha value is -1.85. The molecular weight excluding hydrogens is 352 g/mol. The van der Waals surface area contributed by atoms with Crippen LogP contribution in [-0.2, 0) is 16.1 Å². The summed E-state index contributed by atoms with van der Waals surface area (Å²) < 4.78 is 0. The maximum Gasteiger partial charge on any atom is 0.307 e. The van der Waals surface area contributed by atoms with E-state index >= 15 is 0 Å². The molecule has 0 aromatic heterocycles. The van der Waals surface area contributed by atoms with E-state index in [0.29, 0.717) is 13.1 Å². The van der Waals surface area contributed by atoms with Crippen LogP contribution in [0.4, 0.5) is 0 Å². The Morgan fingerprint density at radius 1 is 1.08 bits per heavy atom. The van der Waals surface area contributed by atoms with Crippen LogP contribution in [0, 0.1) is 23.7 Å². The van der Waals surface area contributed by atoms with Gasteiger partial charge in [-0.2, -0.15) is 0 Å². The first-order chi connectivity index (χ1) is 12.5. The lowest BCUT2D eigenvalue weighted by molar-refractivity contribution is -0.151. The third-order valence-electron chi connectivity index (χ3n) is 6.01. The van der Waals surface area contributed by atoms with Crippen molar-refractivity contribution in [1.29, 1.82) is 0 Å². The molecule has 1 N–H and O–H groups in total. The zero-order valence-corrected chi connectivity index (χ0v) is 15.3. The van der Waals surface area contributed by atoms with Crippen LogP contribution in [0.25, 0.3) is 0 Å². The maximum absolute atomic E-state index is 13.0. The predicted octanol–water partition coefficient (Wildman–Crippen LogP) is 2.51. The molecule has 2 fully saturated rings. The predicted molar refractivity (Wildman–Crippen MR) is 98.7 cm³/mol. The van der Waals surface area contributed by atoms with Crippen molar-refractivity contribution in [1.82, 2.24) is 9.80 Å². The van der Waals surface area contributed by atoms with Crippen LogP contribution in [0.1, 0.15) is 12.0 Å². The van der Waals surface area contributed by atoms with Crippen molar-refractivity contribution in [2.45, 2.75) is 13.0 Å². The summed E-state index contributed by atoms with van der Waals surface area (Å²) in [5, 5.41) is 10.3. The van der Waals surface area contributed by atoms with Gasteiger partial charge in [0.15, 0.2) is 0 Å². The summed E-state index contributed by atoms with van der Waals surface area (Å²) in [6, 6.07) is 7.84. The van der Waals surface area contributed by atoms with E-state index in [0.717, 1.165) is 31.1 Å². The summed E-state index contributed by atoms with van der Waals surface area (Å²) in [6.45, 7) is 3.73. The second-order valence-corrected chi connectivity index (χ2v) is 8.01. The van der Waals surface area contributed by atoms with E-state index in [1.165, 1.54) is 5.56 Å². The molecule has 1 amide bonds. The Bertz CT molecular complexity index is 742. The highest BCUT2D eigenvalue weighted by atomic mass is 35.5. The molecule has 3 aliphatic rings. The molecule has 2 bridgehead atoms. The van der Waals surface area contributed by atoms with Crippen molar-refractivity contribution in [3.8, 4) is 0 Å². The van der Waals surface area contributed by atoms with Crippen molar-refractivity contribution < 1.29 is 14.7 Å². The van der Waals surface area contributed by atoms with E-state index in [1.807, 2.05) is 35.3 Å². The van der Waals surface area contributed by atoms with Crippen LogP contribution in [0.15, 0.2) is 36.4 Å². The van der Waals surface area contributed by atoms with Gasteiger partial charge in [0, 0.05) is 37.7 Å². The van der Waals surface area contributed by atoms with Gasteiger partial charge >= 0.3 is 5.97 Å². The van der Waals surface area contributed by atoms with Crippen LogP contribution in [0.5, 0.6) is 0 Å². The second-order valence-electron chi connectivity index (χ2n) is 7.57. The fourth-order valence-electron chi connectivity index (χ4n) is 4.73. The van der Waals surface area contributed by atoms with Crippen molar-refractivity contribution in [3.05, 3.63) is 47.0 Å². The van der Waals surface area contributed by atoms with Gasteiger partial charge in [0.05, 0.1) is 11.8 Å². The van der Waals surface area contributed by atoms with Crippen molar-refractivity contribution in [2.24, 2.45) is 23.7 Å². The minimum atomic E-state index is -0.834. The molecule has 2 aliphatic carbocycles. The number of benzene rings is 1. The number of carbonyl (C=O) groups excluding carboxylic acids is 1. The van der Waals surface area contributed by atoms with Crippen molar-refractivity contribution in [3.63, 3.8) is 0 Å². The molecule has 4 atom stereocenters. The number of carboxylic acid groups (broad SMARTS) is 1. The van der Waals surface area contributed by atoms with Gasteiger partial charge in [-0.05, 0) is 36.0 Å². The topological polar surface area (TPSA) is 60.9 Å². The molecule has 1 aromatic carbocycles. The van der Waals surface area contributed by atoms with E-state index in [9.17, 15) is 14.7 Å². The Morgan fingerprint density at radius 2 is 1.77 bits per heavy atom. The average Bonchev–Trinajstić information content (AvgIpc) is 3.23. The highest BCUT2D eigenvalue weighted by molar-refractivity contribution is 6.30. The van der Waals surface area contributed by atoms with Gasteiger partial charge in [-0.25, -0.2) is 0 Å². The van der Waals surface area contributed by atoms with Gasteiger partial charge in [-0.15, -0.1) is 0 Å². The Labute approximate surface area is 158 Å². The van der Waals surface area contributed by atoms with Gasteiger partial charge in [-0.3, -0.25) is 14.5 Å². The molecule has 1 saturated heterocycles. The Kier molecular flexibility index (Phi) is 4.76. The molecule has 26 heavy (non-hydrogen) atoms. The molecule has 4 rings (SSSR count). The third kappa shape index (κ3) is 3.26. The second kappa shape index (κ2) is 7.05. The van der Waals surface area contributed by atoms with Crippen LogP contribution in [0.3, 0.4) is 0 Å². The number of carbonyl (C=O) groups is 2. The number of nitrogens with zero attached hydrogens (tertiary/aromatic N) is 2. The van der Waals surface area contributed by atoms with Crippen LogP contribution >= 0.6 is 11.6 Å². The number of piperazine rings is 1. The first-order valence-electron chi connectivity index (χ1n) is 9.19. The zero-order valence-electron chi connectivity index (χ0n) is 14.6. The van der Waals surface area contributed by atoms with Crippen LogP contribution in [-0.4, -0.2) is 53.0 Å². The van der Waals surface area contributed by atoms with Crippen LogP contribution in [0.2, 0.25) is 5.02 Å². The molecule has 1 aromatic rings. The lowest BCUT2D eigenvalue weighted by Gasteiger charge is -2.37. The lowest BCUT2D eigenvalue weighted by atomic mass is 9.82. The van der Waals surface area contributed by atoms with Gasteiger partial charge < -0.3 is 10.0 Å². The molecule has 0 radical (unpaired) electrons. The molecule has 5 nitrogen and oxygen atoms in total. The molecule has 6 heteroatoms. The largest absolute Gasteiger partial charge is 0.481 e. The average molecular weight is 375 g/mol. The molecular formula is C20H23ClN2O3. The van der Waals surface area contributed by atoms with Gasteiger partial charge in [0.25, 0.3) is 0 Å². The number of fused-ring (bicyclic) bond motifs is 2. The monoisotopic (exact) mass is 374 g/mol. The number of amides is 1. The zero-order chi connectivity index (χ0) is 18.3. The highest BCUT2D eigenvalue weighted by Crippen LogP contribution is 2.48. The number of hydrogen-bond acceptors (Lipinski definition) is 3. The van der Waals surface area contributed by atoms with E-state index in [1.54, 1.807) is 0 Å². The molecule has 1 saturated carbocycles. The summed E-state index contributed by atoms with van der Waals surface area (Å²) in [7, 11) is 0. The lowest BCUT2D eigenvalue weighted by Crippen LogP contribution is -2.52. The van der Waals surface area contributed by atoms with Gasteiger partial charge in [0.2, 0.25) is 5.91 Å².